The minimum absolute atomic E-state index is 0.0196. The van der Waals surface area contributed by atoms with E-state index in [9.17, 15) is 9.59 Å². The first-order valence-corrected chi connectivity index (χ1v) is 7.38. The molecule has 0 saturated carbocycles. The number of aryl methyl sites for hydroxylation is 2. The number of halogens is 1. The number of hydrogen-bond acceptors (Lipinski definition) is 4. The van der Waals surface area contributed by atoms with Gasteiger partial charge in [-0.1, -0.05) is 11.6 Å². The van der Waals surface area contributed by atoms with Crippen LogP contribution in [0.15, 0.2) is 12.1 Å². The van der Waals surface area contributed by atoms with Gasteiger partial charge >= 0.3 is 12.0 Å². The van der Waals surface area contributed by atoms with E-state index in [0.717, 1.165) is 11.1 Å². The highest BCUT2D eigenvalue weighted by atomic mass is 35.5. The number of carbonyl (C=O) groups excluding carboxylic acids is 2. The summed E-state index contributed by atoms with van der Waals surface area (Å²) in [7, 11) is 0. The zero-order valence-electron chi connectivity index (χ0n) is 13.0. The number of benzene rings is 1. The molecule has 0 aliphatic heterocycles. The molecule has 0 atom stereocenters. The summed E-state index contributed by atoms with van der Waals surface area (Å²) in [4.78, 5) is 22.6. The van der Waals surface area contributed by atoms with Crippen molar-refractivity contribution in [2.24, 2.45) is 0 Å². The molecule has 0 aliphatic rings. The molecule has 0 spiro atoms. The fourth-order valence-electron chi connectivity index (χ4n) is 1.75. The van der Waals surface area contributed by atoms with E-state index in [1.165, 1.54) is 0 Å². The summed E-state index contributed by atoms with van der Waals surface area (Å²) >= 11 is 6.07. The lowest BCUT2D eigenvalue weighted by Gasteiger charge is -2.11. The minimum Gasteiger partial charge on any atom is -0.473 e. The first-order chi connectivity index (χ1) is 10.4. The van der Waals surface area contributed by atoms with Gasteiger partial charge in [0.15, 0.2) is 6.73 Å². The lowest BCUT2D eigenvalue weighted by Crippen LogP contribution is -2.38. The maximum absolute atomic E-state index is 11.5. The first-order valence-electron chi connectivity index (χ1n) is 7.01. The highest BCUT2D eigenvalue weighted by molar-refractivity contribution is 6.32. The zero-order valence-corrected chi connectivity index (χ0v) is 13.8. The Bertz CT molecular complexity index is 511. The molecule has 2 amide bonds. The smallest absolute Gasteiger partial charge is 0.317 e. The van der Waals surface area contributed by atoms with E-state index in [2.05, 4.69) is 10.6 Å². The topological polar surface area (TPSA) is 76.7 Å². The van der Waals surface area contributed by atoms with Crippen molar-refractivity contribution < 1.29 is 19.1 Å². The number of hydrogen-bond donors (Lipinski definition) is 2. The van der Waals surface area contributed by atoms with Crippen LogP contribution in [0.5, 0.6) is 5.75 Å². The number of nitrogens with one attached hydrogen (secondary N) is 2. The van der Waals surface area contributed by atoms with Gasteiger partial charge in [-0.05, 0) is 44.0 Å². The summed E-state index contributed by atoms with van der Waals surface area (Å²) in [5, 5.41) is 5.78. The van der Waals surface area contributed by atoms with Gasteiger partial charge in [0.25, 0.3) is 0 Å². The van der Waals surface area contributed by atoms with Gasteiger partial charge in [-0.15, -0.1) is 0 Å². The zero-order chi connectivity index (χ0) is 16.5. The highest BCUT2D eigenvalue weighted by Crippen LogP contribution is 2.25. The summed E-state index contributed by atoms with van der Waals surface area (Å²) in [5.74, 6) is 0.289. The fourth-order valence-corrected chi connectivity index (χ4v) is 1.86. The average molecular weight is 329 g/mol. The molecule has 122 valence electrons. The van der Waals surface area contributed by atoms with Crippen molar-refractivity contribution in [1.82, 2.24) is 10.6 Å². The van der Waals surface area contributed by atoms with Gasteiger partial charge < -0.3 is 20.1 Å². The Kier molecular flexibility index (Phi) is 7.52. The van der Waals surface area contributed by atoms with Crippen molar-refractivity contribution >= 4 is 23.6 Å². The van der Waals surface area contributed by atoms with Crippen LogP contribution in [0.3, 0.4) is 0 Å². The SMILES string of the molecule is CCOC(=O)CCNC(=O)NCOc1cc(C)c(Cl)c(C)c1. The predicted molar refractivity (Wildman–Crippen MR) is 84.2 cm³/mol. The minimum atomic E-state index is -0.410. The molecular formula is C15H21ClN2O4. The van der Waals surface area contributed by atoms with Crippen LogP contribution in [0, 0.1) is 13.8 Å². The summed E-state index contributed by atoms with van der Waals surface area (Å²) in [6, 6.07) is 3.19. The Morgan fingerprint density at radius 3 is 2.41 bits per heavy atom. The van der Waals surface area contributed by atoms with E-state index in [4.69, 9.17) is 21.1 Å². The molecule has 1 aromatic rings. The molecule has 0 unspecified atom stereocenters. The van der Waals surface area contributed by atoms with Crippen molar-refractivity contribution in [3.05, 3.63) is 28.3 Å². The normalized spacial score (nSPS) is 10.0. The lowest BCUT2D eigenvalue weighted by molar-refractivity contribution is -0.142. The lowest BCUT2D eigenvalue weighted by atomic mass is 10.1. The van der Waals surface area contributed by atoms with Crippen molar-refractivity contribution in [2.75, 3.05) is 19.9 Å². The first kappa shape index (κ1) is 18.1. The highest BCUT2D eigenvalue weighted by Gasteiger charge is 2.06. The number of esters is 1. The average Bonchev–Trinajstić information content (AvgIpc) is 2.45. The molecule has 1 rings (SSSR count). The number of amides is 2. The second-order valence-corrected chi connectivity index (χ2v) is 5.03. The van der Waals surface area contributed by atoms with Crippen LogP contribution >= 0.6 is 11.6 Å². The number of carbonyl (C=O) groups is 2. The van der Waals surface area contributed by atoms with E-state index >= 15 is 0 Å². The maximum atomic E-state index is 11.5. The van der Waals surface area contributed by atoms with E-state index in [1.54, 1.807) is 19.1 Å². The Morgan fingerprint density at radius 2 is 1.82 bits per heavy atom. The molecule has 22 heavy (non-hydrogen) atoms. The van der Waals surface area contributed by atoms with Crippen molar-refractivity contribution in [3.8, 4) is 5.75 Å². The summed E-state index contributed by atoms with van der Waals surface area (Å²) < 4.78 is 10.2. The second kappa shape index (κ2) is 9.15. The van der Waals surface area contributed by atoms with Gasteiger partial charge in [0.05, 0.1) is 13.0 Å². The largest absolute Gasteiger partial charge is 0.473 e. The summed E-state index contributed by atoms with van der Waals surface area (Å²) in [5.41, 5.74) is 1.83. The Hall–Kier alpha value is -1.95. The molecule has 0 radical (unpaired) electrons. The molecule has 2 N–H and O–H groups in total. The van der Waals surface area contributed by atoms with Crippen LogP contribution in [0.25, 0.3) is 0 Å². The molecule has 0 bridgehead atoms. The van der Waals surface area contributed by atoms with Crippen LogP contribution in [0.1, 0.15) is 24.5 Å². The number of rotatable bonds is 7. The molecule has 0 aromatic heterocycles. The van der Waals surface area contributed by atoms with Crippen LogP contribution in [-0.4, -0.2) is 31.9 Å². The third kappa shape index (κ3) is 6.22. The quantitative estimate of drug-likeness (QED) is 0.595. The molecule has 0 heterocycles. The summed E-state index contributed by atoms with van der Waals surface area (Å²) in [6.07, 6.45) is 0.137. The van der Waals surface area contributed by atoms with Gasteiger partial charge in [0, 0.05) is 11.6 Å². The standard InChI is InChI=1S/C15H21ClN2O4/c1-4-21-13(19)5-6-17-15(20)18-9-22-12-7-10(2)14(16)11(3)8-12/h7-8H,4-6,9H2,1-3H3,(H2,17,18,20). The van der Waals surface area contributed by atoms with Gasteiger partial charge in [-0.3, -0.25) is 4.79 Å². The maximum Gasteiger partial charge on any atom is 0.317 e. The van der Waals surface area contributed by atoms with E-state index in [0.29, 0.717) is 17.4 Å². The van der Waals surface area contributed by atoms with Gasteiger partial charge in [0.1, 0.15) is 5.75 Å². The van der Waals surface area contributed by atoms with E-state index in [1.807, 2.05) is 13.8 Å². The summed E-state index contributed by atoms with van der Waals surface area (Å²) in [6.45, 7) is 6.07. The number of urea groups is 1. The van der Waals surface area contributed by atoms with Gasteiger partial charge in [-0.2, -0.15) is 0 Å². The molecule has 1 aromatic carbocycles. The van der Waals surface area contributed by atoms with Crippen LogP contribution in [0.2, 0.25) is 5.02 Å². The molecule has 0 fully saturated rings. The van der Waals surface area contributed by atoms with E-state index < -0.39 is 6.03 Å². The van der Waals surface area contributed by atoms with Crippen LogP contribution in [0.4, 0.5) is 4.79 Å². The molecule has 7 heteroatoms. The van der Waals surface area contributed by atoms with Crippen LogP contribution in [-0.2, 0) is 9.53 Å². The number of ether oxygens (including phenoxy) is 2. The Morgan fingerprint density at radius 1 is 1.18 bits per heavy atom. The van der Waals surface area contributed by atoms with Crippen molar-refractivity contribution in [3.63, 3.8) is 0 Å². The van der Waals surface area contributed by atoms with E-state index in [-0.39, 0.29) is 25.7 Å². The monoisotopic (exact) mass is 328 g/mol. The van der Waals surface area contributed by atoms with Crippen LogP contribution < -0.4 is 15.4 Å². The molecule has 0 aliphatic carbocycles. The molecular weight excluding hydrogens is 308 g/mol. The third-order valence-corrected chi connectivity index (χ3v) is 3.40. The predicted octanol–water partition coefficient (Wildman–Crippen LogP) is 2.55. The van der Waals surface area contributed by atoms with Crippen molar-refractivity contribution in [1.29, 1.82) is 0 Å². The van der Waals surface area contributed by atoms with Gasteiger partial charge in [0.2, 0.25) is 0 Å². The third-order valence-electron chi connectivity index (χ3n) is 2.80. The molecule has 6 nitrogen and oxygen atoms in total. The second-order valence-electron chi connectivity index (χ2n) is 4.65. The fraction of sp³-hybridized carbons (Fsp3) is 0.467. The van der Waals surface area contributed by atoms with Gasteiger partial charge in [-0.25, -0.2) is 4.79 Å². The molecule has 0 saturated heterocycles. The Labute approximate surface area is 135 Å². The Balaban J connectivity index is 2.26. The van der Waals surface area contributed by atoms with Crippen molar-refractivity contribution in [2.45, 2.75) is 27.2 Å².